The monoisotopic (exact) mass is 193 g/mol. The molecule has 0 amide bonds. The molecule has 0 aromatic heterocycles. The first-order valence-corrected chi connectivity index (χ1v) is 4.58. The minimum Gasteiger partial charge on any atom is -0.480 e. The summed E-state index contributed by atoms with van der Waals surface area (Å²) in [6, 6.07) is 6.87. The van der Waals surface area contributed by atoms with Gasteiger partial charge in [-0.15, -0.1) is 0 Å². The van der Waals surface area contributed by atoms with E-state index in [1.54, 1.807) is 0 Å². The van der Waals surface area contributed by atoms with E-state index in [2.05, 4.69) is 0 Å². The third-order valence-electron chi connectivity index (χ3n) is 2.50. The largest absolute Gasteiger partial charge is 0.480 e. The van der Waals surface area contributed by atoms with Gasteiger partial charge in [0.2, 0.25) is 0 Å². The summed E-state index contributed by atoms with van der Waals surface area (Å²) >= 11 is 0. The number of carboxylic acids is 1. The number of nitrogens with two attached hydrogens (primary N) is 1. The summed E-state index contributed by atoms with van der Waals surface area (Å²) in [7, 11) is 0. The number of hydrogen-bond donors (Lipinski definition) is 2. The highest BCUT2D eigenvalue weighted by atomic mass is 16.4. The summed E-state index contributed by atoms with van der Waals surface area (Å²) in [5, 5.41) is 8.78. The Kier molecular flexibility index (Phi) is 3.25. The predicted octanol–water partition coefficient (Wildman–Crippen LogP) is 1.51. The minimum absolute atomic E-state index is 0.159. The van der Waals surface area contributed by atoms with Crippen molar-refractivity contribution >= 4 is 5.97 Å². The van der Waals surface area contributed by atoms with Crippen molar-refractivity contribution in [2.24, 2.45) is 5.73 Å². The standard InChI is InChI=1S/C11H15NO2/c1-7-5-3-4-6-9(7)8(2)10(12)11(13)14/h3-6,8,10H,12H2,1-2H3,(H,13,14)/t8-,10+/m0/s1. The zero-order valence-electron chi connectivity index (χ0n) is 8.40. The Morgan fingerprint density at radius 1 is 1.43 bits per heavy atom. The Hall–Kier alpha value is -1.35. The fraction of sp³-hybridized carbons (Fsp3) is 0.364. The van der Waals surface area contributed by atoms with E-state index in [0.717, 1.165) is 11.1 Å². The maximum Gasteiger partial charge on any atom is 0.321 e. The second-order valence-corrected chi connectivity index (χ2v) is 3.51. The molecule has 3 nitrogen and oxygen atoms in total. The van der Waals surface area contributed by atoms with Crippen molar-refractivity contribution in [3.05, 3.63) is 35.4 Å². The van der Waals surface area contributed by atoms with Crippen molar-refractivity contribution < 1.29 is 9.90 Å². The van der Waals surface area contributed by atoms with Gasteiger partial charge >= 0.3 is 5.97 Å². The molecule has 0 radical (unpaired) electrons. The van der Waals surface area contributed by atoms with Crippen LogP contribution in [0, 0.1) is 6.92 Å². The van der Waals surface area contributed by atoms with Gasteiger partial charge in [0.25, 0.3) is 0 Å². The molecule has 3 N–H and O–H groups in total. The fourth-order valence-corrected chi connectivity index (χ4v) is 1.50. The average molecular weight is 193 g/mol. The molecule has 0 heterocycles. The molecule has 0 spiro atoms. The van der Waals surface area contributed by atoms with E-state index >= 15 is 0 Å². The third kappa shape index (κ3) is 2.12. The molecule has 76 valence electrons. The predicted molar refractivity (Wildman–Crippen MR) is 55.2 cm³/mol. The van der Waals surface area contributed by atoms with E-state index in [0.29, 0.717) is 0 Å². The van der Waals surface area contributed by atoms with Gasteiger partial charge in [-0.25, -0.2) is 0 Å². The first-order valence-electron chi connectivity index (χ1n) is 4.58. The van der Waals surface area contributed by atoms with Crippen LogP contribution in [0.2, 0.25) is 0 Å². The molecule has 0 aliphatic heterocycles. The highest BCUT2D eigenvalue weighted by Gasteiger charge is 2.22. The van der Waals surface area contributed by atoms with E-state index in [9.17, 15) is 4.79 Å². The van der Waals surface area contributed by atoms with Gasteiger partial charge in [-0.1, -0.05) is 31.2 Å². The van der Waals surface area contributed by atoms with Crippen LogP contribution in [0.4, 0.5) is 0 Å². The Labute approximate surface area is 83.6 Å². The highest BCUT2D eigenvalue weighted by Crippen LogP contribution is 2.21. The summed E-state index contributed by atoms with van der Waals surface area (Å²) in [5.74, 6) is -1.12. The van der Waals surface area contributed by atoms with Crippen molar-refractivity contribution in [1.82, 2.24) is 0 Å². The molecule has 1 rings (SSSR count). The summed E-state index contributed by atoms with van der Waals surface area (Å²) in [6.07, 6.45) is 0. The molecule has 0 fully saturated rings. The smallest absolute Gasteiger partial charge is 0.321 e. The molecule has 0 aliphatic rings. The van der Waals surface area contributed by atoms with Crippen LogP contribution in [-0.4, -0.2) is 17.1 Å². The maximum absolute atomic E-state index is 10.7. The molecule has 0 saturated heterocycles. The summed E-state index contributed by atoms with van der Waals surface area (Å²) in [6.45, 7) is 3.79. The van der Waals surface area contributed by atoms with Crippen LogP contribution in [0.5, 0.6) is 0 Å². The lowest BCUT2D eigenvalue weighted by molar-refractivity contribution is -0.139. The molecule has 3 heteroatoms. The lowest BCUT2D eigenvalue weighted by atomic mass is 9.91. The maximum atomic E-state index is 10.7. The summed E-state index contributed by atoms with van der Waals surface area (Å²) < 4.78 is 0. The number of aryl methyl sites for hydroxylation is 1. The molecule has 1 aromatic rings. The first kappa shape index (κ1) is 10.7. The van der Waals surface area contributed by atoms with Crippen molar-refractivity contribution in [3.8, 4) is 0 Å². The number of hydrogen-bond acceptors (Lipinski definition) is 2. The van der Waals surface area contributed by atoms with E-state index in [1.165, 1.54) is 0 Å². The van der Waals surface area contributed by atoms with Crippen LogP contribution in [0.1, 0.15) is 24.0 Å². The molecule has 1 aromatic carbocycles. The Morgan fingerprint density at radius 2 is 2.00 bits per heavy atom. The van der Waals surface area contributed by atoms with Gasteiger partial charge in [-0.05, 0) is 18.1 Å². The molecule has 0 bridgehead atoms. The number of benzene rings is 1. The van der Waals surface area contributed by atoms with Crippen LogP contribution in [0.3, 0.4) is 0 Å². The van der Waals surface area contributed by atoms with Crippen molar-refractivity contribution in [3.63, 3.8) is 0 Å². The van der Waals surface area contributed by atoms with Crippen molar-refractivity contribution in [2.45, 2.75) is 25.8 Å². The van der Waals surface area contributed by atoms with Gasteiger partial charge in [0, 0.05) is 5.92 Å². The number of carboxylic acid groups (broad SMARTS) is 1. The van der Waals surface area contributed by atoms with Crippen LogP contribution < -0.4 is 5.73 Å². The quantitative estimate of drug-likeness (QED) is 0.764. The zero-order valence-corrected chi connectivity index (χ0v) is 8.40. The second-order valence-electron chi connectivity index (χ2n) is 3.51. The Bertz CT molecular complexity index is 336. The van der Waals surface area contributed by atoms with E-state index in [1.807, 2.05) is 38.1 Å². The van der Waals surface area contributed by atoms with Crippen LogP contribution in [-0.2, 0) is 4.79 Å². The first-order chi connectivity index (χ1) is 6.54. The fourth-order valence-electron chi connectivity index (χ4n) is 1.50. The van der Waals surface area contributed by atoms with Crippen LogP contribution in [0.15, 0.2) is 24.3 Å². The molecule has 2 atom stereocenters. The zero-order chi connectivity index (χ0) is 10.7. The van der Waals surface area contributed by atoms with Gasteiger partial charge in [0.05, 0.1) is 0 Å². The van der Waals surface area contributed by atoms with Gasteiger partial charge < -0.3 is 10.8 Å². The van der Waals surface area contributed by atoms with Crippen LogP contribution in [0.25, 0.3) is 0 Å². The van der Waals surface area contributed by atoms with Crippen LogP contribution >= 0.6 is 0 Å². The molecule has 0 saturated carbocycles. The third-order valence-corrected chi connectivity index (χ3v) is 2.50. The van der Waals surface area contributed by atoms with E-state index < -0.39 is 12.0 Å². The highest BCUT2D eigenvalue weighted by molar-refractivity contribution is 5.74. The normalized spacial score (nSPS) is 14.8. The number of carbonyl (C=O) groups is 1. The number of rotatable bonds is 3. The molecule has 0 unspecified atom stereocenters. The lowest BCUT2D eigenvalue weighted by Gasteiger charge is -2.18. The summed E-state index contributed by atoms with van der Waals surface area (Å²) in [5.41, 5.74) is 7.64. The second kappa shape index (κ2) is 4.24. The number of aliphatic carboxylic acids is 1. The molecular formula is C11H15NO2. The van der Waals surface area contributed by atoms with Gasteiger partial charge in [-0.3, -0.25) is 4.79 Å². The average Bonchev–Trinajstić information content (AvgIpc) is 2.16. The minimum atomic E-state index is -0.958. The Balaban J connectivity index is 2.94. The SMILES string of the molecule is Cc1ccccc1[C@H](C)[C@@H](N)C(=O)O. The van der Waals surface area contributed by atoms with E-state index in [4.69, 9.17) is 10.8 Å². The molecule has 14 heavy (non-hydrogen) atoms. The topological polar surface area (TPSA) is 63.3 Å². The lowest BCUT2D eigenvalue weighted by Crippen LogP contribution is -2.35. The van der Waals surface area contributed by atoms with E-state index in [-0.39, 0.29) is 5.92 Å². The Morgan fingerprint density at radius 3 is 2.50 bits per heavy atom. The van der Waals surface area contributed by atoms with Crippen molar-refractivity contribution in [1.29, 1.82) is 0 Å². The van der Waals surface area contributed by atoms with Crippen molar-refractivity contribution in [2.75, 3.05) is 0 Å². The molecular weight excluding hydrogens is 178 g/mol. The summed E-state index contributed by atoms with van der Waals surface area (Å²) in [4.78, 5) is 10.7. The van der Waals surface area contributed by atoms with Gasteiger partial charge in [0.15, 0.2) is 0 Å². The van der Waals surface area contributed by atoms with Gasteiger partial charge in [-0.2, -0.15) is 0 Å². The van der Waals surface area contributed by atoms with Gasteiger partial charge in [0.1, 0.15) is 6.04 Å². The molecule has 0 aliphatic carbocycles.